The Bertz CT molecular complexity index is 1130. The van der Waals surface area contributed by atoms with Gasteiger partial charge in [-0.1, -0.05) is 11.6 Å². The Morgan fingerprint density at radius 2 is 1.94 bits per heavy atom. The zero-order chi connectivity index (χ0) is 22.4. The number of hydroxylamine groups is 1. The van der Waals surface area contributed by atoms with Gasteiger partial charge in [-0.05, 0) is 30.7 Å². The second-order valence-electron chi connectivity index (χ2n) is 6.48. The van der Waals surface area contributed by atoms with Crippen LogP contribution in [0.2, 0.25) is 5.02 Å². The van der Waals surface area contributed by atoms with Gasteiger partial charge in [-0.25, -0.2) is 19.8 Å². The van der Waals surface area contributed by atoms with Crippen molar-refractivity contribution in [3.63, 3.8) is 0 Å². The van der Waals surface area contributed by atoms with Crippen LogP contribution in [-0.2, 0) is 9.59 Å². The number of halogens is 2. The van der Waals surface area contributed by atoms with E-state index in [4.69, 9.17) is 21.5 Å². The van der Waals surface area contributed by atoms with E-state index in [1.165, 1.54) is 37.1 Å². The predicted molar refractivity (Wildman–Crippen MR) is 113 cm³/mol. The van der Waals surface area contributed by atoms with Crippen molar-refractivity contribution in [2.24, 2.45) is 0 Å². The average molecular weight is 448 g/mol. The minimum absolute atomic E-state index is 0.0148. The average Bonchev–Trinajstić information content (AvgIpc) is 2.76. The number of methoxy groups -OCH3 is 1. The van der Waals surface area contributed by atoms with E-state index in [1.54, 1.807) is 12.1 Å². The normalized spacial score (nSPS) is 10.6. The zero-order valence-corrected chi connectivity index (χ0v) is 17.2. The molecule has 0 atom stereocenters. The fourth-order valence-corrected chi connectivity index (χ4v) is 3.02. The fourth-order valence-electron chi connectivity index (χ4n) is 2.84. The van der Waals surface area contributed by atoms with E-state index in [0.29, 0.717) is 33.8 Å². The maximum Gasteiger partial charge on any atom is 0.243 e. The molecule has 31 heavy (non-hydrogen) atoms. The fraction of sp³-hybridized carbons (Fsp3) is 0.200. The molecule has 0 saturated heterocycles. The minimum atomic E-state index is -0.565. The molecule has 11 heteroatoms. The predicted octanol–water partition coefficient (Wildman–Crippen LogP) is 3.79. The van der Waals surface area contributed by atoms with Crippen molar-refractivity contribution in [1.82, 2.24) is 15.4 Å². The lowest BCUT2D eigenvalue weighted by Gasteiger charge is -2.14. The number of carbonyl (C=O) groups is 2. The number of aromatic nitrogens is 2. The number of ether oxygens (including phenoxy) is 1. The highest BCUT2D eigenvalue weighted by Crippen LogP contribution is 2.33. The highest BCUT2D eigenvalue weighted by Gasteiger charge is 2.14. The Morgan fingerprint density at radius 1 is 1.16 bits per heavy atom. The van der Waals surface area contributed by atoms with Crippen molar-refractivity contribution < 1.29 is 23.9 Å². The zero-order valence-electron chi connectivity index (χ0n) is 16.4. The number of nitrogens with zero attached hydrogens (tertiary/aromatic N) is 2. The number of hydrogen-bond acceptors (Lipinski definition) is 7. The molecular formula is C20H19ClFN5O4. The molecule has 162 valence electrons. The first kappa shape index (κ1) is 22.2. The minimum Gasteiger partial charge on any atom is -0.494 e. The molecule has 0 saturated carbocycles. The van der Waals surface area contributed by atoms with E-state index in [-0.39, 0.29) is 30.2 Å². The highest BCUT2D eigenvalue weighted by molar-refractivity contribution is 6.31. The summed E-state index contributed by atoms with van der Waals surface area (Å²) in [5, 5.41) is 14.9. The number of amides is 2. The lowest BCUT2D eigenvalue weighted by molar-refractivity contribution is -0.129. The smallest absolute Gasteiger partial charge is 0.243 e. The van der Waals surface area contributed by atoms with E-state index in [0.717, 1.165) is 0 Å². The second kappa shape index (κ2) is 10.0. The third kappa shape index (κ3) is 5.56. The molecule has 0 spiro atoms. The summed E-state index contributed by atoms with van der Waals surface area (Å²) in [6.45, 7) is 0. The Kier molecular flexibility index (Phi) is 7.16. The van der Waals surface area contributed by atoms with Gasteiger partial charge in [-0.3, -0.25) is 14.8 Å². The molecule has 3 aromatic rings. The molecule has 0 aliphatic rings. The van der Waals surface area contributed by atoms with Crippen LogP contribution in [0.15, 0.2) is 36.7 Å². The van der Waals surface area contributed by atoms with Crippen molar-refractivity contribution >= 4 is 51.5 Å². The van der Waals surface area contributed by atoms with Crippen LogP contribution in [0.3, 0.4) is 0 Å². The first-order valence-corrected chi connectivity index (χ1v) is 9.56. The summed E-state index contributed by atoms with van der Waals surface area (Å²) in [7, 11) is 1.46. The third-order valence-corrected chi connectivity index (χ3v) is 4.64. The summed E-state index contributed by atoms with van der Waals surface area (Å²) < 4.78 is 18.8. The molecule has 0 aliphatic carbocycles. The Balaban J connectivity index is 1.86. The highest BCUT2D eigenvalue weighted by atomic mass is 35.5. The van der Waals surface area contributed by atoms with E-state index in [2.05, 4.69) is 20.6 Å². The summed E-state index contributed by atoms with van der Waals surface area (Å²) in [5.74, 6) is -0.621. The van der Waals surface area contributed by atoms with Crippen LogP contribution in [0, 0.1) is 5.82 Å². The van der Waals surface area contributed by atoms with E-state index < -0.39 is 11.7 Å². The summed E-state index contributed by atoms with van der Waals surface area (Å²) >= 11 is 5.84. The molecule has 1 aromatic heterocycles. The maximum atomic E-state index is 13.4. The molecule has 0 unspecified atom stereocenters. The Hall–Kier alpha value is -3.50. The van der Waals surface area contributed by atoms with Gasteiger partial charge in [-0.2, -0.15) is 0 Å². The molecule has 0 bridgehead atoms. The number of hydrogen-bond donors (Lipinski definition) is 4. The van der Waals surface area contributed by atoms with Gasteiger partial charge >= 0.3 is 0 Å². The first-order chi connectivity index (χ1) is 14.9. The number of benzene rings is 2. The largest absolute Gasteiger partial charge is 0.494 e. The number of fused-ring (bicyclic) bond motifs is 1. The van der Waals surface area contributed by atoms with Crippen LogP contribution in [0.4, 0.5) is 21.6 Å². The van der Waals surface area contributed by atoms with Crippen molar-refractivity contribution in [2.45, 2.75) is 19.3 Å². The number of carbonyl (C=O) groups excluding carboxylic acids is 2. The quantitative estimate of drug-likeness (QED) is 0.306. The Morgan fingerprint density at radius 3 is 2.65 bits per heavy atom. The second-order valence-corrected chi connectivity index (χ2v) is 6.89. The molecule has 1 heterocycles. The van der Waals surface area contributed by atoms with Crippen LogP contribution >= 0.6 is 11.6 Å². The summed E-state index contributed by atoms with van der Waals surface area (Å²) in [4.78, 5) is 31.8. The number of rotatable bonds is 8. The van der Waals surface area contributed by atoms with Crippen molar-refractivity contribution in [1.29, 1.82) is 0 Å². The van der Waals surface area contributed by atoms with Crippen LogP contribution in [0.25, 0.3) is 10.9 Å². The SMILES string of the molecule is COc1cc2ncnc(Nc3ccc(F)c(Cl)c3)c2cc1NC(=O)CCCC(=O)NO. The monoisotopic (exact) mass is 447 g/mol. The summed E-state index contributed by atoms with van der Waals surface area (Å²) in [6, 6.07) is 7.48. The maximum absolute atomic E-state index is 13.4. The van der Waals surface area contributed by atoms with Crippen LogP contribution in [-0.4, -0.2) is 34.1 Å². The van der Waals surface area contributed by atoms with Gasteiger partial charge < -0.3 is 15.4 Å². The number of anilines is 3. The van der Waals surface area contributed by atoms with Gasteiger partial charge in [0.05, 0.1) is 23.3 Å². The van der Waals surface area contributed by atoms with Gasteiger partial charge in [0.2, 0.25) is 11.8 Å². The first-order valence-electron chi connectivity index (χ1n) is 9.19. The van der Waals surface area contributed by atoms with Crippen LogP contribution < -0.4 is 20.9 Å². The van der Waals surface area contributed by atoms with E-state index in [1.807, 2.05) is 0 Å². The van der Waals surface area contributed by atoms with Crippen LogP contribution in [0.5, 0.6) is 5.75 Å². The standard InChI is InChI=1S/C20H19ClFN5O4/c1-31-17-9-15-12(8-16(17)26-18(28)3-2-4-19(29)27-30)20(24-10-23-15)25-11-5-6-14(22)13(21)7-11/h5-10,30H,2-4H2,1H3,(H,26,28)(H,27,29)(H,23,24,25). The molecule has 2 aromatic carbocycles. The van der Waals surface area contributed by atoms with Gasteiger partial charge in [0.1, 0.15) is 23.7 Å². The third-order valence-electron chi connectivity index (χ3n) is 4.35. The lowest BCUT2D eigenvalue weighted by Crippen LogP contribution is -2.19. The Labute approximate surface area is 181 Å². The summed E-state index contributed by atoms with van der Waals surface area (Å²) in [5.41, 5.74) is 2.99. The van der Waals surface area contributed by atoms with E-state index in [9.17, 15) is 14.0 Å². The molecule has 3 rings (SSSR count). The van der Waals surface area contributed by atoms with Gasteiger partial charge in [0, 0.05) is 30.0 Å². The summed E-state index contributed by atoms with van der Waals surface area (Å²) in [6.07, 6.45) is 1.70. The van der Waals surface area contributed by atoms with Gasteiger partial charge in [-0.15, -0.1) is 0 Å². The van der Waals surface area contributed by atoms with Gasteiger partial charge in [0.25, 0.3) is 0 Å². The molecule has 9 nitrogen and oxygen atoms in total. The molecule has 0 fully saturated rings. The number of nitrogens with one attached hydrogen (secondary N) is 3. The van der Waals surface area contributed by atoms with Crippen molar-refractivity contribution in [3.8, 4) is 5.75 Å². The molecule has 0 radical (unpaired) electrons. The van der Waals surface area contributed by atoms with Crippen molar-refractivity contribution in [3.05, 3.63) is 47.5 Å². The van der Waals surface area contributed by atoms with Crippen LogP contribution in [0.1, 0.15) is 19.3 Å². The molecular weight excluding hydrogens is 429 g/mol. The topological polar surface area (TPSA) is 125 Å². The molecule has 0 aliphatic heterocycles. The van der Waals surface area contributed by atoms with E-state index >= 15 is 0 Å². The van der Waals surface area contributed by atoms with Crippen molar-refractivity contribution in [2.75, 3.05) is 17.7 Å². The molecule has 4 N–H and O–H groups in total. The van der Waals surface area contributed by atoms with Gasteiger partial charge in [0.15, 0.2) is 0 Å². The molecule has 2 amide bonds. The lowest BCUT2D eigenvalue weighted by atomic mass is 10.1.